The van der Waals surface area contributed by atoms with E-state index in [1.165, 1.54) is 4.68 Å². The number of aromatic nitrogens is 2. The summed E-state index contributed by atoms with van der Waals surface area (Å²) in [6.07, 6.45) is 1.59. The summed E-state index contributed by atoms with van der Waals surface area (Å²) in [4.78, 5) is 13.7. The van der Waals surface area contributed by atoms with Crippen molar-refractivity contribution in [2.75, 3.05) is 39.1 Å². The number of hydrogen-bond acceptors (Lipinski definition) is 6. The molecular formula is C11H18N4O3. The second-order valence-electron chi connectivity index (χ2n) is 4.38. The predicted octanol–water partition coefficient (Wildman–Crippen LogP) is -0.661. The SMILES string of the molecule is CN1CCOC(COC(=O)Cn2ccc(N)n2)C1. The Hall–Kier alpha value is -1.60. The molecule has 1 unspecified atom stereocenters. The van der Waals surface area contributed by atoms with Crippen molar-refractivity contribution in [1.29, 1.82) is 0 Å². The van der Waals surface area contributed by atoms with Crippen molar-refractivity contribution in [3.8, 4) is 0 Å². The van der Waals surface area contributed by atoms with Gasteiger partial charge >= 0.3 is 5.97 Å². The normalized spacial score (nSPS) is 20.8. The van der Waals surface area contributed by atoms with E-state index < -0.39 is 0 Å². The Balaban J connectivity index is 1.71. The summed E-state index contributed by atoms with van der Waals surface area (Å²) in [5.74, 6) is 0.0509. The van der Waals surface area contributed by atoms with E-state index in [2.05, 4.69) is 10.00 Å². The Kier molecular flexibility index (Phi) is 4.16. The number of esters is 1. The highest BCUT2D eigenvalue weighted by Crippen LogP contribution is 2.04. The van der Waals surface area contributed by atoms with Crippen LogP contribution in [0.15, 0.2) is 12.3 Å². The van der Waals surface area contributed by atoms with Crippen molar-refractivity contribution in [2.24, 2.45) is 0 Å². The van der Waals surface area contributed by atoms with Gasteiger partial charge in [-0.1, -0.05) is 0 Å². The van der Waals surface area contributed by atoms with E-state index in [-0.39, 0.29) is 25.2 Å². The molecule has 0 radical (unpaired) electrons. The number of carbonyl (C=O) groups is 1. The maximum absolute atomic E-state index is 11.6. The third kappa shape index (κ3) is 3.71. The van der Waals surface area contributed by atoms with E-state index in [1.807, 2.05) is 7.05 Å². The summed E-state index contributed by atoms with van der Waals surface area (Å²) >= 11 is 0. The highest BCUT2D eigenvalue weighted by atomic mass is 16.6. The highest BCUT2D eigenvalue weighted by molar-refractivity contribution is 5.69. The molecule has 0 aromatic carbocycles. The van der Waals surface area contributed by atoms with Crippen molar-refractivity contribution in [2.45, 2.75) is 12.6 Å². The maximum Gasteiger partial charge on any atom is 0.327 e. The van der Waals surface area contributed by atoms with Gasteiger partial charge in [0.2, 0.25) is 0 Å². The molecule has 1 fully saturated rings. The van der Waals surface area contributed by atoms with Gasteiger partial charge < -0.3 is 20.1 Å². The largest absolute Gasteiger partial charge is 0.461 e. The molecule has 0 spiro atoms. The molecule has 0 bridgehead atoms. The zero-order chi connectivity index (χ0) is 13.0. The minimum atomic E-state index is -0.338. The molecule has 2 heterocycles. The van der Waals surface area contributed by atoms with Crippen molar-refractivity contribution in [3.05, 3.63) is 12.3 Å². The molecule has 0 aliphatic carbocycles. The molecule has 100 valence electrons. The van der Waals surface area contributed by atoms with E-state index in [9.17, 15) is 4.79 Å². The quantitative estimate of drug-likeness (QED) is 0.718. The van der Waals surface area contributed by atoms with Crippen LogP contribution in [0.1, 0.15) is 0 Å². The average molecular weight is 254 g/mol. The molecule has 18 heavy (non-hydrogen) atoms. The number of ether oxygens (including phenoxy) is 2. The van der Waals surface area contributed by atoms with Crippen LogP contribution in [0.3, 0.4) is 0 Å². The van der Waals surface area contributed by atoms with Gasteiger partial charge in [-0.25, -0.2) is 0 Å². The number of nitrogens with two attached hydrogens (primary N) is 1. The number of likely N-dealkylation sites (N-methyl/N-ethyl adjacent to an activating group) is 1. The molecule has 2 rings (SSSR count). The van der Waals surface area contributed by atoms with Crippen LogP contribution >= 0.6 is 0 Å². The first-order valence-electron chi connectivity index (χ1n) is 5.88. The maximum atomic E-state index is 11.6. The fourth-order valence-corrected chi connectivity index (χ4v) is 1.80. The molecule has 0 amide bonds. The lowest BCUT2D eigenvalue weighted by molar-refractivity contribution is -0.151. The van der Waals surface area contributed by atoms with Gasteiger partial charge in [-0.05, 0) is 13.1 Å². The first-order chi connectivity index (χ1) is 8.63. The zero-order valence-corrected chi connectivity index (χ0v) is 10.4. The topological polar surface area (TPSA) is 82.6 Å². The molecule has 0 saturated carbocycles. The van der Waals surface area contributed by atoms with Gasteiger partial charge in [0.25, 0.3) is 0 Å². The Morgan fingerprint density at radius 2 is 2.56 bits per heavy atom. The highest BCUT2D eigenvalue weighted by Gasteiger charge is 2.19. The molecule has 1 aromatic rings. The van der Waals surface area contributed by atoms with Gasteiger partial charge in [0, 0.05) is 19.3 Å². The Bertz CT molecular complexity index is 407. The molecule has 1 aliphatic heterocycles. The number of morpholine rings is 1. The third-order valence-electron chi connectivity index (χ3n) is 2.72. The van der Waals surface area contributed by atoms with Gasteiger partial charge in [0.15, 0.2) is 0 Å². The Morgan fingerprint density at radius 3 is 3.22 bits per heavy atom. The number of carbonyl (C=O) groups excluding carboxylic acids is 1. The number of anilines is 1. The Morgan fingerprint density at radius 1 is 1.72 bits per heavy atom. The Labute approximate surface area is 105 Å². The van der Waals surface area contributed by atoms with E-state index in [4.69, 9.17) is 15.2 Å². The summed E-state index contributed by atoms with van der Waals surface area (Å²) < 4.78 is 12.1. The van der Waals surface area contributed by atoms with Gasteiger partial charge in [-0.2, -0.15) is 5.10 Å². The first-order valence-corrected chi connectivity index (χ1v) is 5.88. The molecule has 1 atom stereocenters. The van der Waals surface area contributed by atoms with Gasteiger partial charge in [0.1, 0.15) is 25.1 Å². The standard InChI is InChI=1S/C11H18N4O3/c1-14-4-5-17-9(6-14)8-18-11(16)7-15-3-2-10(12)13-15/h2-3,9H,4-8H2,1H3,(H2,12,13). The fraction of sp³-hybridized carbons (Fsp3) is 0.636. The average Bonchev–Trinajstić information content (AvgIpc) is 2.72. The van der Waals surface area contributed by atoms with Crippen molar-refractivity contribution >= 4 is 11.8 Å². The molecule has 7 nitrogen and oxygen atoms in total. The van der Waals surface area contributed by atoms with E-state index in [1.54, 1.807) is 12.3 Å². The minimum Gasteiger partial charge on any atom is -0.461 e. The van der Waals surface area contributed by atoms with Gasteiger partial charge in [-0.3, -0.25) is 9.48 Å². The van der Waals surface area contributed by atoms with Crippen LogP contribution in [-0.4, -0.2) is 60.1 Å². The number of nitrogen functional groups attached to an aromatic ring is 1. The van der Waals surface area contributed by atoms with Crippen LogP contribution in [-0.2, 0) is 20.8 Å². The number of hydrogen-bond donors (Lipinski definition) is 1. The molecule has 7 heteroatoms. The third-order valence-corrected chi connectivity index (χ3v) is 2.72. The van der Waals surface area contributed by atoms with Gasteiger partial charge in [0.05, 0.1) is 6.61 Å². The van der Waals surface area contributed by atoms with Crippen LogP contribution in [0, 0.1) is 0 Å². The lowest BCUT2D eigenvalue weighted by Gasteiger charge is -2.29. The van der Waals surface area contributed by atoms with Crippen LogP contribution in [0.25, 0.3) is 0 Å². The van der Waals surface area contributed by atoms with Crippen LogP contribution in [0.2, 0.25) is 0 Å². The second-order valence-corrected chi connectivity index (χ2v) is 4.38. The molecule has 1 saturated heterocycles. The second kappa shape index (κ2) is 5.83. The van der Waals surface area contributed by atoms with E-state index >= 15 is 0 Å². The lowest BCUT2D eigenvalue weighted by atomic mass is 10.3. The first kappa shape index (κ1) is 12.8. The van der Waals surface area contributed by atoms with E-state index in [0.717, 1.165) is 13.1 Å². The van der Waals surface area contributed by atoms with Crippen molar-refractivity contribution in [1.82, 2.24) is 14.7 Å². The zero-order valence-electron chi connectivity index (χ0n) is 10.4. The molecule has 1 aliphatic rings. The number of nitrogens with zero attached hydrogens (tertiary/aromatic N) is 3. The molecule has 1 aromatic heterocycles. The smallest absolute Gasteiger partial charge is 0.327 e. The molecule has 2 N–H and O–H groups in total. The lowest BCUT2D eigenvalue weighted by Crippen LogP contribution is -2.42. The summed E-state index contributed by atoms with van der Waals surface area (Å²) in [5, 5.41) is 3.91. The van der Waals surface area contributed by atoms with Crippen molar-refractivity contribution < 1.29 is 14.3 Å². The fourth-order valence-electron chi connectivity index (χ4n) is 1.80. The summed E-state index contributed by atoms with van der Waals surface area (Å²) in [6, 6.07) is 1.63. The van der Waals surface area contributed by atoms with Crippen LogP contribution in [0.4, 0.5) is 5.82 Å². The van der Waals surface area contributed by atoms with Crippen LogP contribution < -0.4 is 5.73 Å². The summed E-state index contributed by atoms with van der Waals surface area (Å²) in [7, 11) is 2.02. The predicted molar refractivity (Wildman–Crippen MR) is 64.8 cm³/mol. The minimum absolute atomic E-state index is 0.0459. The number of rotatable bonds is 4. The molecular weight excluding hydrogens is 236 g/mol. The monoisotopic (exact) mass is 254 g/mol. The summed E-state index contributed by atoms with van der Waals surface area (Å²) in [6.45, 7) is 2.72. The van der Waals surface area contributed by atoms with Crippen LogP contribution in [0.5, 0.6) is 0 Å². The summed E-state index contributed by atoms with van der Waals surface area (Å²) in [5.41, 5.74) is 5.45. The van der Waals surface area contributed by atoms with E-state index in [0.29, 0.717) is 12.4 Å². The van der Waals surface area contributed by atoms with Gasteiger partial charge in [-0.15, -0.1) is 0 Å². The van der Waals surface area contributed by atoms with Crippen molar-refractivity contribution in [3.63, 3.8) is 0 Å².